The zero-order valence-electron chi connectivity index (χ0n) is 9.24. The minimum atomic E-state index is -0.926. The van der Waals surface area contributed by atoms with E-state index < -0.39 is 5.97 Å². The predicted molar refractivity (Wildman–Crippen MR) is 68.0 cm³/mol. The lowest BCUT2D eigenvalue weighted by Crippen LogP contribution is -2.30. The van der Waals surface area contributed by atoms with Gasteiger partial charge in [0.15, 0.2) is 5.82 Å². The lowest BCUT2D eigenvalue weighted by Gasteiger charge is -2.06. The largest absolute Gasteiger partial charge is 0.481 e. The summed E-state index contributed by atoms with van der Waals surface area (Å²) in [5.41, 5.74) is 0. The molecular weight excluding hydrogens is 281 g/mol. The summed E-state index contributed by atoms with van der Waals surface area (Å²) in [6.07, 6.45) is 1.31. The van der Waals surface area contributed by atoms with Crippen molar-refractivity contribution < 1.29 is 14.7 Å². The van der Waals surface area contributed by atoms with Crippen LogP contribution in [0, 0.1) is 0 Å². The van der Waals surface area contributed by atoms with Gasteiger partial charge in [-0.1, -0.05) is 23.2 Å². The number of pyridine rings is 1. The van der Waals surface area contributed by atoms with Crippen molar-refractivity contribution >= 4 is 40.9 Å². The van der Waals surface area contributed by atoms with Gasteiger partial charge in [-0.25, -0.2) is 4.98 Å². The first-order valence-corrected chi connectivity index (χ1v) is 5.78. The molecule has 0 fully saturated rings. The average molecular weight is 292 g/mol. The third-order valence-corrected chi connectivity index (χ3v) is 2.36. The summed E-state index contributed by atoms with van der Waals surface area (Å²) < 4.78 is 0. The lowest BCUT2D eigenvalue weighted by molar-refractivity contribution is -0.137. The number of carbonyl (C=O) groups excluding carboxylic acids is 1. The molecule has 0 radical (unpaired) electrons. The highest BCUT2D eigenvalue weighted by Crippen LogP contribution is 2.22. The van der Waals surface area contributed by atoms with Crippen LogP contribution in [0.3, 0.4) is 0 Å². The van der Waals surface area contributed by atoms with Gasteiger partial charge in [-0.15, -0.1) is 0 Å². The minimum absolute atomic E-state index is 0.0199. The molecule has 0 bridgehead atoms. The maximum Gasteiger partial charge on any atom is 0.304 e. The Labute approximate surface area is 113 Å². The van der Waals surface area contributed by atoms with Crippen molar-refractivity contribution in [3.8, 4) is 0 Å². The Hall–Kier alpha value is -1.37. The van der Waals surface area contributed by atoms with Crippen LogP contribution in [0.15, 0.2) is 12.3 Å². The molecule has 1 amide bonds. The third kappa shape index (κ3) is 5.31. The van der Waals surface area contributed by atoms with Crippen LogP contribution >= 0.6 is 23.2 Å². The van der Waals surface area contributed by atoms with Gasteiger partial charge in [0.25, 0.3) is 0 Å². The first-order chi connectivity index (χ1) is 8.49. The number of aliphatic carboxylic acids is 1. The topological polar surface area (TPSA) is 91.3 Å². The Morgan fingerprint density at radius 3 is 2.72 bits per heavy atom. The highest BCUT2D eigenvalue weighted by Gasteiger charge is 2.07. The Morgan fingerprint density at radius 1 is 1.39 bits per heavy atom. The van der Waals surface area contributed by atoms with E-state index in [0.29, 0.717) is 5.02 Å². The van der Waals surface area contributed by atoms with Crippen molar-refractivity contribution in [2.24, 2.45) is 0 Å². The van der Waals surface area contributed by atoms with Crippen molar-refractivity contribution in [3.05, 3.63) is 22.3 Å². The van der Waals surface area contributed by atoms with E-state index in [1.807, 2.05) is 0 Å². The maximum absolute atomic E-state index is 11.4. The SMILES string of the molecule is O=C(O)CCNCC(=O)Nc1ncc(Cl)cc1Cl. The van der Waals surface area contributed by atoms with Crippen molar-refractivity contribution in [1.82, 2.24) is 10.3 Å². The van der Waals surface area contributed by atoms with Gasteiger partial charge < -0.3 is 15.7 Å². The molecule has 6 nitrogen and oxygen atoms in total. The molecule has 0 aromatic carbocycles. The van der Waals surface area contributed by atoms with E-state index in [1.54, 1.807) is 0 Å². The molecule has 8 heteroatoms. The lowest BCUT2D eigenvalue weighted by atomic mass is 10.4. The second-order valence-corrected chi connectivity index (χ2v) is 4.20. The van der Waals surface area contributed by atoms with E-state index in [4.69, 9.17) is 28.3 Å². The van der Waals surface area contributed by atoms with Crippen molar-refractivity contribution in [1.29, 1.82) is 0 Å². The van der Waals surface area contributed by atoms with E-state index in [9.17, 15) is 9.59 Å². The fourth-order valence-corrected chi connectivity index (χ4v) is 1.51. The summed E-state index contributed by atoms with van der Waals surface area (Å²) >= 11 is 11.5. The summed E-state index contributed by atoms with van der Waals surface area (Å²) in [5, 5.41) is 14.2. The number of carbonyl (C=O) groups is 2. The van der Waals surface area contributed by atoms with Gasteiger partial charge in [0, 0.05) is 12.7 Å². The van der Waals surface area contributed by atoms with E-state index in [2.05, 4.69) is 15.6 Å². The summed E-state index contributed by atoms with van der Waals surface area (Å²) in [6.45, 7) is 0.193. The summed E-state index contributed by atoms with van der Waals surface area (Å²) in [5.74, 6) is -1.08. The zero-order valence-corrected chi connectivity index (χ0v) is 10.8. The second-order valence-electron chi connectivity index (χ2n) is 3.35. The van der Waals surface area contributed by atoms with Gasteiger partial charge in [0.2, 0.25) is 5.91 Å². The van der Waals surface area contributed by atoms with Gasteiger partial charge in [0.05, 0.1) is 23.0 Å². The molecule has 18 heavy (non-hydrogen) atoms. The van der Waals surface area contributed by atoms with Crippen molar-refractivity contribution in [2.75, 3.05) is 18.4 Å². The monoisotopic (exact) mass is 291 g/mol. The Kier molecular flexibility index (Phi) is 5.84. The molecular formula is C10H11Cl2N3O3. The number of hydrogen-bond acceptors (Lipinski definition) is 4. The normalized spacial score (nSPS) is 10.1. The number of halogens is 2. The molecule has 3 N–H and O–H groups in total. The Bertz CT molecular complexity index is 454. The van der Waals surface area contributed by atoms with Gasteiger partial charge in [-0.2, -0.15) is 0 Å². The first-order valence-electron chi connectivity index (χ1n) is 5.02. The Morgan fingerprint density at radius 2 is 2.11 bits per heavy atom. The van der Waals surface area contributed by atoms with E-state index in [1.165, 1.54) is 12.3 Å². The number of anilines is 1. The van der Waals surface area contributed by atoms with Crippen molar-refractivity contribution in [2.45, 2.75) is 6.42 Å². The molecule has 0 saturated carbocycles. The maximum atomic E-state index is 11.4. The molecule has 1 heterocycles. The molecule has 0 atom stereocenters. The van der Waals surface area contributed by atoms with Gasteiger partial charge in [-0.05, 0) is 6.07 Å². The van der Waals surface area contributed by atoms with Gasteiger partial charge in [0.1, 0.15) is 0 Å². The molecule has 98 valence electrons. The summed E-state index contributed by atoms with van der Waals surface area (Å²) in [4.78, 5) is 25.5. The third-order valence-electron chi connectivity index (χ3n) is 1.87. The molecule has 0 spiro atoms. The zero-order chi connectivity index (χ0) is 13.5. The number of carboxylic acid groups (broad SMARTS) is 1. The highest BCUT2D eigenvalue weighted by atomic mass is 35.5. The Balaban J connectivity index is 2.38. The molecule has 0 aliphatic heterocycles. The van der Waals surface area contributed by atoms with Crippen molar-refractivity contribution in [3.63, 3.8) is 0 Å². The number of nitrogens with zero attached hydrogens (tertiary/aromatic N) is 1. The minimum Gasteiger partial charge on any atom is -0.481 e. The van der Waals surface area contributed by atoms with Crippen LogP contribution in [0.1, 0.15) is 6.42 Å². The van der Waals surface area contributed by atoms with Gasteiger partial charge in [-0.3, -0.25) is 9.59 Å². The van der Waals surface area contributed by atoms with Gasteiger partial charge >= 0.3 is 5.97 Å². The van der Waals surface area contributed by atoms with Crippen LogP contribution in [0.25, 0.3) is 0 Å². The second kappa shape index (κ2) is 7.15. The number of hydrogen-bond donors (Lipinski definition) is 3. The molecule has 1 aromatic rings. The fourth-order valence-electron chi connectivity index (χ4n) is 1.08. The number of nitrogens with one attached hydrogen (secondary N) is 2. The quantitative estimate of drug-likeness (QED) is 0.689. The van der Waals surface area contributed by atoms with Crippen LogP contribution < -0.4 is 10.6 Å². The molecule has 1 aromatic heterocycles. The number of carboxylic acids is 1. The molecule has 0 aliphatic carbocycles. The first kappa shape index (κ1) is 14.7. The van der Waals surface area contributed by atoms with Crippen LogP contribution in [0.4, 0.5) is 5.82 Å². The van der Waals surface area contributed by atoms with E-state index >= 15 is 0 Å². The molecule has 1 rings (SSSR count). The number of amides is 1. The highest BCUT2D eigenvalue weighted by molar-refractivity contribution is 6.36. The summed E-state index contributed by atoms with van der Waals surface area (Å²) in [7, 11) is 0. The number of rotatable bonds is 6. The van der Waals surface area contributed by atoms with E-state index in [0.717, 1.165) is 0 Å². The number of aromatic nitrogens is 1. The molecule has 0 unspecified atom stereocenters. The van der Waals surface area contributed by atoms with Crippen LogP contribution in [-0.4, -0.2) is 35.1 Å². The smallest absolute Gasteiger partial charge is 0.304 e. The van der Waals surface area contributed by atoms with Crippen LogP contribution in [0.5, 0.6) is 0 Å². The van der Waals surface area contributed by atoms with Crippen LogP contribution in [-0.2, 0) is 9.59 Å². The molecule has 0 aliphatic rings. The van der Waals surface area contributed by atoms with Crippen LogP contribution in [0.2, 0.25) is 10.0 Å². The summed E-state index contributed by atoms with van der Waals surface area (Å²) in [6, 6.07) is 1.46. The standard InChI is InChI=1S/C10H11Cl2N3O3/c11-6-3-7(12)10(14-4-6)15-8(16)5-13-2-1-9(17)18/h3-4,13H,1-2,5H2,(H,17,18)(H,14,15,16). The average Bonchev–Trinajstić information content (AvgIpc) is 2.28. The van der Waals surface area contributed by atoms with E-state index in [-0.39, 0.29) is 36.3 Å². The molecule has 0 saturated heterocycles. The fraction of sp³-hybridized carbons (Fsp3) is 0.300. The predicted octanol–water partition coefficient (Wildman–Crippen LogP) is 1.39.